The summed E-state index contributed by atoms with van der Waals surface area (Å²) in [5.41, 5.74) is 0.735. The Kier molecular flexibility index (Phi) is 5.67. The normalized spacial score (nSPS) is 13.7. The summed E-state index contributed by atoms with van der Waals surface area (Å²) < 4.78 is 18.1. The molecule has 0 aliphatic heterocycles. The molecule has 0 spiro atoms. The van der Waals surface area contributed by atoms with Gasteiger partial charge in [0.15, 0.2) is 11.9 Å². The zero-order valence-electron chi connectivity index (χ0n) is 11.5. The molecule has 0 N–H and O–H groups in total. The molecule has 0 heterocycles. The number of ketones is 1. The fourth-order valence-corrected chi connectivity index (χ4v) is 1.74. The Hall–Kier alpha value is -1.71. The van der Waals surface area contributed by atoms with Gasteiger partial charge in [0.1, 0.15) is 5.82 Å². The average Bonchev–Trinajstić information content (AvgIpc) is 2.37. The molecule has 0 saturated heterocycles. The summed E-state index contributed by atoms with van der Waals surface area (Å²) in [6.07, 6.45) is 0.0172. The van der Waals surface area contributed by atoms with Crippen molar-refractivity contribution in [3.8, 4) is 0 Å². The third-order valence-electron chi connectivity index (χ3n) is 2.93. The lowest BCUT2D eigenvalue weighted by atomic mass is 10.0. The molecule has 0 fully saturated rings. The van der Waals surface area contributed by atoms with Gasteiger partial charge in [-0.15, -0.1) is 0 Å². The number of carbonyl (C=O) groups excluding carboxylic acids is 2. The Labute approximate surface area is 112 Å². The minimum Gasteiger partial charge on any atom is -0.454 e. The molecule has 0 aliphatic rings. The van der Waals surface area contributed by atoms with E-state index in [0.29, 0.717) is 12.8 Å². The number of carbonyl (C=O) groups is 2. The van der Waals surface area contributed by atoms with Crippen molar-refractivity contribution in [3.63, 3.8) is 0 Å². The quantitative estimate of drug-likeness (QED) is 0.743. The molecular weight excluding hydrogens is 247 g/mol. The van der Waals surface area contributed by atoms with E-state index in [1.54, 1.807) is 32.9 Å². The summed E-state index contributed by atoms with van der Waals surface area (Å²) >= 11 is 0. The Morgan fingerprint density at radius 2 is 2.00 bits per heavy atom. The molecule has 2 atom stereocenters. The number of hydrogen-bond acceptors (Lipinski definition) is 3. The molecular formula is C15H19FO3. The third-order valence-corrected chi connectivity index (χ3v) is 2.93. The minimum atomic E-state index is -0.715. The van der Waals surface area contributed by atoms with Crippen molar-refractivity contribution in [1.82, 2.24) is 0 Å². The van der Waals surface area contributed by atoms with Gasteiger partial charge in [-0.05, 0) is 31.0 Å². The van der Waals surface area contributed by atoms with Gasteiger partial charge < -0.3 is 4.74 Å². The van der Waals surface area contributed by atoms with Crippen LogP contribution in [-0.4, -0.2) is 17.9 Å². The molecule has 0 saturated carbocycles. The zero-order valence-corrected chi connectivity index (χ0v) is 11.5. The lowest BCUT2D eigenvalue weighted by Crippen LogP contribution is -2.27. The second-order valence-corrected chi connectivity index (χ2v) is 4.63. The van der Waals surface area contributed by atoms with Crippen LogP contribution in [0.4, 0.5) is 4.39 Å². The fraction of sp³-hybridized carbons (Fsp3) is 0.467. The van der Waals surface area contributed by atoms with E-state index < -0.39 is 18.0 Å². The van der Waals surface area contributed by atoms with Crippen molar-refractivity contribution in [2.45, 2.75) is 39.7 Å². The molecule has 0 aromatic heterocycles. The van der Waals surface area contributed by atoms with Crippen LogP contribution in [0.5, 0.6) is 0 Å². The van der Waals surface area contributed by atoms with Crippen molar-refractivity contribution in [2.24, 2.45) is 5.92 Å². The highest BCUT2D eigenvalue weighted by Crippen LogP contribution is 2.13. The summed E-state index contributed by atoms with van der Waals surface area (Å²) in [6.45, 7) is 5.00. The Balaban J connectivity index is 2.56. The largest absolute Gasteiger partial charge is 0.454 e. The summed E-state index contributed by atoms with van der Waals surface area (Å²) in [4.78, 5) is 23.1. The van der Waals surface area contributed by atoms with E-state index in [4.69, 9.17) is 4.74 Å². The van der Waals surface area contributed by atoms with Gasteiger partial charge in [-0.1, -0.05) is 26.0 Å². The van der Waals surface area contributed by atoms with E-state index in [9.17, 15) is 14.0 Å². The second-order valence-electron chi connectivity index (χ2n) is 4.63. The van der Waals surface area contributed by atoms with E-state index >= 15 is 0 Å². The average molecular weight is 266 g/mol. The lowest BCUT2D eigenvalue weighted by molar-refractivity contribution is -0.157. The number of esters is 1. The van der Waals surface area contributed by atoms with Gasteiger partial charge in [-0.3, -0.25) is 9.59 Å². The maximum atomic E-state index is 13.0. The van der Waals surface area contributed by atoms with Crippen LogP contribution in [0, 0.1) is 11.7 Å². The third kappa shape index (κ3) is 4.81. The van der Waals surface area contributed by atoms with Crippen LogP contribution in [0.3, 0.4) is 0 Å². The highest BCUT2D eigenvalue weighted by atomic mass is 19.1. The second kappa shape index (κ2) is 7.02. The molecule has 2 unspecified atom stereocenters. The van der Waals surface area contributed by atoms with Crippen LogP contribution in [0.1, 0.15) is 32.8 Å². The SMILES string of the molecule is CCC(=O)C(C)OC(=O)C(C)Cc1cccc(F)c1. The molecule has 3 nitrogen and oxygen atoms in total. The molecule has 0 aliphatic carbocycles. The maximum Gasteiger partial charge on any atom is 0.309 e. The van der Waals surface area contributed by atoms with Crippen LogP contribution in [0.15, 0.2) is 24.3 Å². The molecule has 0 amide bonds. The van der Waals surface area contributed by atoms with E-state index in [0.717, 1.165) is 5.56 Å². The van der Waals surface area contributed by atoms with E-state index in [1.807, 2.05) is 0 Å². The van der Waals surface area contributed by atoms with Crippen LogP contribution in [0.25, 0.3) is 0 Å². The lowest BCUT2D eigenvalue weighted by Gasteiger charge is -2.15. The smallest absolute Gasteiger partial charge is 0.309 e. The fourth-order valence-electron chi connectivity index (χ4n) is 1.74. The van der Waals surface area contributed by atoms with Crippen molar-refractivity contribution in [2.75, 3.05) is 0 Å². The van der Waals surface area contributed by atoms with Gasteiger partial charge in [-0.25, -0.2) is 4.39 Å². The monoisotopic (exact) mass is 266 g/mol. The van der Waals surface area contributed by atoms with Crippen LogP contribution in [0.2, 0.25) is 0 Å². The Morgan fingerprint density at radius 3 is 2.58 bits per heavy atom. The molecule has 1 aromatic carbocycles. The number of halogens is 1. The highest BCUT2D eigenvalue weighted by Gasteiger charge is 2.21. The minimum absolute atomic E-state index is 0.105. The van der Waals surface area contributed by atoms with Crippen LogP contribution >= 0.6 is 0 Å². The first-order valence-corrected chi connectivity index (χ1v) is 6.41. The molecule has 4 heteroatoms. The molecule has 104 valence electrons. The van der Waals surface area contributed by atoms with E-state index in [2.05, 4.69) is 0 Å². The van der Waals surface area contributed by atoms with Gasteiger partial charge in [-0.2, -0.15) is 0 Å². The van der Waals surface area contributed by atoms with Crippen LogP contribution in [-0.2, 0) is 20.7 Å². The summed E-state index contributed by atoms with van der Waals surface area (Å²) in [6, 6.07) is 6.11. The zero-order chi connectivity index (χ0) is 14.4. The van der Waals surface area contributed by atoms with Crippen molar-refractivity contribution >= 4 is 11.8 Å². The van der Waals surface area contributed by atoms with Crippen molar-refractivity contribution < 1.29 is 18.7 Å². The molecule has 19 heavy (non-hydrogen) atoms. The summed E-state index contributed by atoms with van der Waals surface area (Å²) in [7, 11) is 0. The standard InChI is InChI=1S/C15H19FO3/c1-4-14(17)11(3)19-15(18)10(2)8-12-6-5-7-13(16)9-12/h5-7,9-11H,4,8H2,1-3H3. The number of ether oxygens (including phenoxy) is 1. The van der Waals surface area contributed by atoms with Gasteiger partial charge >= 0.3 is 5.97 Å². The maximum absolute atomic E-state index is 13.0. The first-order chi connectivity index (χ1) is 8.93. The first kappa shape index (κ1) is 15.3. The Bertz CT molecular complexity index is 456. The van der Waals surface area contributed by atoms with Crippen molar-refractivity contribution in [3.05, 3.63) is 35.6 Å². The van der Waals surface area contributed by atoms with Crippen molar-refractivity contribution in [1.29, 1.82) is 0 Å². The number of Topliss-reactive ketones (excluding diaryl/α,β-unsaturated/α-hetero) is 1. The number of rotatable bonds is 6. The molecule has 0 bridgehead atoms. The molecule has 1 rings (SSSR count). The van der Waals surface area contributed by atoms with Gasteiger partial charge in [0, 0.05) is 6.42 Å². The number of benzene rings is 1. The molecule has 0 radical (unpaired) electrons. The van der Waals surface area contributed by atoms with Gasteiger partial charge in [0.05, 0.1) is 5.92 Å². The first-order valence-electron chi connectivity index (χ1n) is 6.41. The van der Waals surface area contributed by atoms with Gasteiger partial charge in [0.25, 0.3) is 0 Å². The van der Waals surface area contributed by atoms with E-state index in [-0.39, 0.29) is 11.6 Å². The number of hydrogen-bond donors (Lipinski definition) is 0. The summed E-state index contributed by atoms with van der Waals surface area (Å²) in [5, 5.41) is 0. The topological polar surface area (TPSA) is 43.4 Å². The van der Waals surface area contributed by atoms with Crippen LogP contribution < -0.4 is 0 Å². The molecule has 1 aromatic rings. The van der Waals surface area contributed by atoms with Gasteiger partial charge in [0.2, 0.25) is 0 Å². The Morgan fingerprint density at radius 1 is 1.32 bits per heavy atom. The van der Waals surface area contributed by atoms with E-state index in [1.165, 1.54) is 12.1 Å². The highest BCUT2D eigenvalue weighted by molar-refractivity contribution is 5.85. The summed E-state index contributed by atoms with van der Waals surface area (Å²) in [5.74, 6) is -1.27. The predicted molar refractivity (Wildman–Crippen MR) is 70.1 cm³/mol. The predicted octanol–water partition coefficient (Wildman–Crippen LogP) is 2.92.